The maximum absolute atomic E-state index is 5.84. The molecule has 104 valence electrons. The third-order valence-electron chi connectivity index (χ3n) is 3.92. The fraction of sp³-hybridized carbons (Fsp3) is 0.571. The lowest BCUT2D eigenvalue weighted by molar-refractivity contribution is -0.169. The summed E-state index contributed by atoms with van der Waals surface area (Å²) in [5, 5.41) is 0. The van der Waals surface area contributed by atoms with Crippen LogP contribution in [0.5, 0.6) is 5.75 Å². The summed E-state index contributed by atoms with van der Waals surface area (Å²) in [6.45, 7) is 3.28. The van der Waals surface area contributed by atoms with Crippen molar-refractivity contribution >= 4 is 11.4 Å². The summed E-state index contributed by atoms with van der Waals surface area (Å²) in [7, 11) is 1.64. The molecular weight excluding hydrogens is 244 g/mol. The molecule has 5 nitrogen and oxygen atoms in total. The number of nitrogen functional groups attached to an aromatic ring is 1. The predicted octanol–water partition coefficient (Wildman–Crippen LogP) is 1.62. The number of benzene rings is 1. The highest BCUT2D eigenvalue weighted by Gasteiger charge is 2.39. The molecule has 0 unspecified atom stereocenters. The van der Waals surface area contributed by atoms with Gasteiger partial charge in [0.2, 0.25) is 0 Å². The second kappa shape index (κ2) is 4.90. The Balaban J connectivity index is 1.71. The summed E-state index contributed by atoms with van der Waals surface area (Å²) in [4.78, 5) is 2.32. The number of hydrogen-bond donors (Lipinski definition) is 1. The lowest BCUT2D eigenvalue weighted by Crippen LogP contribution is -2.45. The van der Waals surface area contributed by atoms with Crippen molar-refractivity contribution in [3.05, 3.63) is 18.2 Å². The zero-order valence-electron chi connectivity index (χ0n) is 11.2. The van der Waals surface area contributed by atoms with Gasteiger partial charge in [-0.25, -0.2) is 0 Å². The largest absolute Gasteiger partial charge is 0.495 e. The van der Waals surface area contributed by atoms with Gasteiger partial charge in [0.25, 0.3) is 0 Å². The molecule has 5 heteroatoms. The molecule has 0 bridgehead atoms. The Morgan fingerprint density at radius 2 is 1.89 bits per heavy atom. The van der Waals surface area contributed by atoms with Crippen molar-refractivity contribution in [2.75, 3.05) is 44.0 Å². The summed E-state index contributed by atoms with van der Waals surface area (Å²) in [5.74, 6) is 0.403. The lowest BCUT2D eigenvalue weighted by atomic mass is 10.0. The van der Waals surface area contributed by atoms with Gasteiger partial charge in [-0.3, -0.25) is 0 Å². The molecule has 19 heavy (non-hydrogen) atoms. The molecule has 1 aromatic carbocycles. The maximum atomic E-state index is 5.84. The van der Waals surface area contributed by atoms with Gasteiger partial charge in [-0.05, 0) is 12.1 Å². The van der Waals surface area contributed by atoms with Gasteiger partial charge in [-0.1, -0.05) is 0 Å². The third kappa shape index (κ3) is 2.35. The molecule has 0 atom stereocenters. The second-order valence-electron chi connectivity index (χ2n) is 5.02. The van der Waals surface area contributed by atoms with Gasteiger partial charge in [0.05, 0.1) is 26.0 Å². The van der Waals surface area contributed by atoms with E-state index < -0.39 is 0 Å². The Labute approximate surface area is 113 Å². The van der Waals surface area contributed by atoms with Crippen molar-refractivity contribution in [1.82, 2.24) is 0 Å². The van der Waals surface area contributed by atoms with Crippen LogP contribution >= 0.6 is 0 Å². The lowest BCUT2D eigenvalue weighted by Gasteiger charge is -2.38. The number of nitrogens with two attached hydrogens (primary N) is 1. The monoisotopic (exact) mass is 264 g/mol. The molecule has 0 amide bonds. The average Bonchev–Trinajstić information content (AvgIpc) is 2.89. The van der Waals surface area contributed by atoms with Gasteiger partial charge in [-0.2, -0.15) is 0 Å². The number of ether oxygens (including phenoxy) is 3. The average molecular weight is 264 g/mol. The first-order valence-corrected chi connectivity index (χ1v) is 6.69. The molecule has 2 fully saturated rings. The zero-order valence-corrected chi connectivity index (χ0v) is 11.2. The van der Waals surface area contributed by atoms with Crippen LogP contribution in [0, 0.1) is 0 Å². The van der Waals surface area contributed by atoms with E-state index in [0.717, 1.165) is 50.6 Å². The van der Waals surface area contributed by atoms with Gasteiger partial charge >= 0.3 is 0 Å². The van der Waals surface area contributed by atoms with E-state index in [-0.39, 0.29) is 5.79 Å². The van der Waals surface area contributed by atoms with Crippen molar-refractivity contribution < 1.29 is 14.2 Å². The molecule has 3 rings (SSSR count). The van der Waals surface area contributed by atoms with Gasteiger partial charge < -0.3 is 24.8 Å². The standard InChI is InChI=1S/C14H20N2O3/c1-17-13-10-11(2-3-12(13)15)16-6-4-14(5-7-16)18-8-9-19-14/h2-3,10H,4-9,15H2,1H3. The minimum absolute atomic E-state index is 0.325. The van der Waals surface area contributed by atoms with Gasteiger partial charge in [0.15, 0.2) is 5.79 Å². The number of hydrogen-bond acceptors (Lipinski definition) is 5. The van der Waals surface area contributed by atoms with Crippen LogP contribution in [0.2, 0.25) is 0 Å². The minimum atomic E-state index is -0.325. The van der Waals surface area contributed by atoms with E-state index in [1.165, 1.54) is 0 Å². The Morgan fingerprint density at radius 3 is 2.53 bits per heavy atom. The Bertz CT molecular complexity index is 448. The molecule has 0 aliphatic carbocycles. The molecule has 0 aromatic heterocycles. The smallest absolute Gasteiger partial charge is 0.171 e. The number of anilines is 2. The first-order chi connectivity index (χ1) is 9.22. The Morgan fingerprint density at radius 1 is 1.21 bits per heavy atom. The van der Waals surface area contributed by atoms with Crippen LogP contribution in [0.25, 0.3) is 0 Å². The molecule has 2 aliphatic heterocycles. The molecule has 0 saturated carbocycles. The van der Waals surface area contributed by atoms with Crippen molar-refractivity contribution in [3.63, 3.8) is 0 Å². The normalized spacial score (nSPS) is 21.8. The number of rotatable bonds is 2. The van der Waals surface area contributed by atoms with Crippen molar-refractivity contribution in [3.8, 4) is 5.75 Å². The number of methoxy groups -OCH3 is 1. The van der Waals surface area contributed by atoms with Crippen molar-refractivity contribution in [1.29, 1.82) is 0 Å². The Hall–Kier alpha value is -1.46. The molecule has 2 aliphatic rings. The quantitative estimate of drug-likeness (QED) is 0.823. The molecule has 2 N–H and O–H groups in total. The highest BCUT2D eigenvalue weighted by Crippen LogP contribution is 2.35. The molecule has 2 heterocycles. The van der Waals surface area contributed by atoms with Crippen LogP contribution in [0.1, 0.15) is 12.8 Å². The fourth-order valence-corrected chi connectivity index (χ4v) is 2.79. The topological polar surface area (TPSA) is 57.0 Å². The van der Waals surface area contributed by atoms with Gasteiger partial charge in [0.1, 0.15) is 5.75 Å². The Kier molecular flexibility index (Phi) is 3.24. The minimum Gasteiger partial charge on any atom is -0.495 e. The van der Waals surface area contributed by atoms with Crippen LogP contribution < -0.4 is 15.4 Å². The van der Waals surface area contributed by atoms with Crippen molar-refractivity contribution in [2.24, 2.45) is 0 Å². The summed E-state index contributed by atoms with van der Waals surface area (Å²) >= 11 is 0. The molecule has 2 saturated heterocycles. The van der Waals surface area contributed by atoms with E-state index in [4.69, 9.17) is 19.9 Å². The molecular formula is C14H20N2O3. The van der Waals surface area contributed by atoms with Crippen LogP contribution in [0.15, 0.2) is 18.2 Å². The van der Waals surface area contributed by atoms with E-state index in [1.807, 2.05) is 18.2 Å². The molecule has 1 aromatic rings. The van der Waals surface area contributed by atoms with Crippen LogP contribution in [0.3, 0.4) is 0 Å². The van der Waals surface area contributed by atoms with Crippen molar-refractivity contribution in [2.45, 2.75) is 18.6 Å². The fourth-order valence-electron chi connectivity index (χ4n) is 2.79. The summed E-state index contributed by atoms with van der Waals surface area (Å²) < 4.78 is 16.7. The van der Waals surface area contributed by atoms with E-state index in [9.17, 15) is 0 Å². The molecule has 0 radical (unpaired) electrons. The van der Waals surface area contributed by atoms with Gasteiger partial charge in [0, 0.05) is 37.7 Å². The second-order valence-corrected chi connectivity index (χ2v) is 5.02. The highest BCUT2D eigenvalue weighted by molar-refractivity contribution is 5.62. The van der Waals surface area contributed by atoms with E-state index in [0.29, 0.717) is 5.69 Å². The zero-order chi connectivity index (χ0) is 13.3. The van der Waals surface area contributed by atoms with E-state index in [1.54, 1.807) is 7.11 Å². The predicted molar refractivity (Wildman–Crippen MR) is 73.5 cm³/mol. The maximum Gasteiger partial charge on any atom is 0.171 e. The van der Waals surface area contributed by atoms with E-state index >= 15 is 0 Å². The SMILES string of the molecule is COc1cc(N2CCC3(CC2)OCCO3)ccc1N. The van der Waals surface area contributed by atoms with Crippen LogP contribution in [-0.4, -0.2) is 39.2 Å². The summed E-state index contributed by atoms with van der Waals surface area (Å²) in [6.07, 6.45) is 1.80. The summed E-state index contributed by atoms with van der Waals surface area (Å²) in [5.41, 5.74) is 7.65. The molecule has 1 spiro atoms. The van der Waals surface area contributed by atoms with Crippen LogP contribution in [-0.2, 0) is 9.47 Å². The summed E-state index contributed by atoms with van der Waals surface area (Å²) in [6, 6.07) is 5.91. The van der Waals surface area contributed by atoms with Gasteiger partial charge in [-0.15, -0.1) is 0 Å². The third-order valence-corrected chi connectivity index (χ3v) is 3.92. The number of nitrogens with zero attached hydrogens (tertiary/aromatic N) is 1. The van der Waals surface area contributed by atoms with Crippen LogP contribution in [0.4, 0.5) is 11.4 Å². The first kappa shape index (κ1) is 12.6. The van der Waals surface area contributed by atoms with E-state index in [2.05, 4.69) is 4.90 Å². The number of piperidine rings is 1. The highest BCUT2D eigenvalue weighted by atomic mass is 16.7. The first-order valence-electron chi connectivity index (χ1n) is 6.69.